The molecule has 8 aromatic carbocycles. The Morgan fingerprint density at radius 3 is 1.21 bits per heavy atom. The van der Waals surface area contributed by atoms with Gasteiger partial charge in [0.15, 0.2) is 0 Å². The smallest absolute Gasteiger partial charge is 0.0543 e. The number of hydrogen-bond donors (Lipinski definition) is 0. The van der Waals surface area contributed by atoms with Crippen LogP contribution >= 0.6 is 0 Å². The molecule has 0 atom stereocenters. The minimum absolute atomic E-state index is 0.482. The third-order valence-electron chi connectivity index (χ3n) is 12.4. The molecule has 0 saturated carbocycles. The molecule has 11 aromatic rings. The van der Waals surface area contributed by atoms with Crippen LogP contribution < -0.4 is 0 Å². The molecule has 11 rings (SSSR count). The Morgan fingerprint density at radius 2 is 0.694 bits per heavy atom. The molecule has 3 aromatic heterocycles. The summed E-state index contributed by atoms with van der Waals surface area (Å²) in [5, 5.41) is 8.06. The van der Waals surface area contributed by atoms with Gasteiger partial charge in [-0.1, -0.05) is 142 Å². The van der Waals surface area contributed by atoms with Crippen molar-refractivity contribution >= 4 is 65.4 Å². The Bertz CT molecular complexity index is 3270. The van der Waals surface area contributed by atoms with Crippen LogP contribution in [0.15, 0.2) is 182 Å². The molecule has 0 radical (unpaired) electrons. The minimum atomic E-state index is 0.482. The second kappa shape index (κ2) is 16.9. The molecule has 0 spiro atoms. The highest BCUT2D eigenvalue weighted by Gasteiger charge is 2.15. The first-order valence-corrected chi connectivity index (χ1v) is 22.3. The first-order chi connectivity index (χ1) is 30.1. The van der Waals surface area contributed by atoms with Gasteiger partial charge in [-0.25, -0.2) is 0 Å². The molecule has 0 fully saturated rings. The van der Waals surface area contributed by atoms with Crippen molar-refractivity contribution < 1.29 is 0 Å². The van der Waals surface area contributed by atoms with Gasteiger partial charge in [-0.15, -0.1) is 0 Å². The number of nitrogens with zero attached hydrogens (tertiary/aromatic N) is 3. The zero-order chi connectivity index (χ0) is 43.1. The lowest BCUT2D eigenvalue weighted by molar-refractivity contribution is 0.642. The Labute approximate surface area is 366 Å². The number of benzene rings is 8. The largest absolute Gasteiger partial charge is 0.338 e. The van der Waals surface area contributed by atoms with E-state index in [0.29, 0.717) is 17.9 Å². The van der Waals surface area contributed by atoms with Crippen LogP contribution in [0, 0.1) is 13.8 Å². The fraction of sp³-hybridized carbons (Fsp3) is 0.186. The van der Waals surface area contributed by atoms with Crippen molar-refractivity contribution in [3.63, 3.8) is 0 Å². The van der Waals surface area contributed by atoms with Crippen LogP contribution in [0.25, 0.3) is 76.8 Å². The van der Waals surface area contributed by atoms with Gasteiger partial charge < -0.3 is 13.7 Å². The van der Waals surface area contributed by atoms with Crippen molar-refractivity contribution in [3.8, 4) is 11.4 Å². The van der Waals surface area contributed by atoms with Crippen LogP contribution in [0.3, 0.4) is 0 Å². The molecule has 308 valence electrons. The Hall–Kier alpha value is -6.84. The molecule has 0 bridgehead atoms. The Morgan fingerprint density at radius 1 is 0.306 bits per heavy atom. The van der Waals surface area contributed by atoms with Gasteiger partial charge in [0.2, 0.25) is 0 Å². The van der Waals surface area contributed by atoms with Crippen molar-refractivity contribution in [2.45, 2.75) is 73.3 Å². The first kappa shape index (κ1) is 40.6. The number of para-hydroxylation sites is 4. The monoisotopic (exact) mass is 807 g/mol. The van der Waals surface area contributed by atoms with E-state index in [1.165, 1.54) is 99.0 Å². The van der Waals surface area contributed by atoms with Crippen LogP contribution in [0.2, 0.25) is 0 Å². The summed E-state index contributed by atoms with van der Waals surface area (Å²) in [5.74, 6) is 1.08. The maximum Gasteiger partial charge on any atom is 0.0543 e. The number of aryl methyl sites for hydroxylation is 2. The molecule has 0 unspecified atom stereocenters. The number of fused-ring (bicyclic) bond motifs is 9. The average Bonchev–Trinajstić information content (AvgIpc) is 3.92. The Kier molecular flexibility index (Phi) is 11.1. The van der Waals surface area contributed by atoms with Crippen molar-refractivity contribution in [3.05, 3.63) is 204 Å². The molecular formula is C59H57N3. The van der Waals surface area contributed by atoms with Gasteiger partial charge in [0, 0.05) is 60.8 Å². The molecule has 0 aliphatic heterocycles. The van der Waals surface area contributed by atoms with Crippen LogP contribution in [-0.4, -0.2) is 13.7 Å². The predicted molar refractivity (Wildman–Crippen MR) is 269 cm³/mol. The van der Waals surface area contributed by atoms with Crippen molar-refractivity contribution in [2.24, 2.45) is 0 Å². The van der Waals surface area contributed by atoms with E-state index in [0.717, 1.165) is 0 Å². The van der Waals surface area contributed by atoms with Gasteiger partial charge in [0.1, 0.15) is 0 Å². The van der Waals surface area contributed by atoms with Crippen molar-refractivity contribution in [2.75, 3.05) is 0 Å². The number of aromatic nitrogens is 3. The van der Waals surface area contributed by atoms with E-state index in [9.17, 15) is 0 Å². The van der Waals surface area contributed by atoms with E-state index in [2.05, 4.69) is 251 Å². The standard InChI is InChI=1S/2C21H19N.C17H19N/c1-15(2)16-12-13-21-19(14-16)18-10-6-7-11-20(18)22(21)17-8-4-3-5-9-17;1-15(2)16-12-13-19-18-10-6-7-11-20(18)22(21(19)14-16)17-8-4-3-5-9-17;1-11(2)18-16-7-5-12(3)9-14(16)15-10-13(4)6-8-17(15)18/h2*3-15H,1-2H3;5-11H,1-4H3. The highest BCUT2D eigenvalue weighted by molar-refractivity contribution is 6.11. The summed E-state index contributed by atoms with van der Waals surface area (Å²) in [6, 6.07) is 66.3. The molecule has 0 aliphatic carbocycles. The lowest BCUT2D eigenvalue weighted by Gasteiger charge is -2.11. The average molecular weight is 808 g/mol. The summed E-state index contributed by atoms with van der Waals surface area (Å²) in [4.78, 5) is 0. The summed E-state index contributed by atoms with van der Waals surface area (Å²) < 4.78 is 7.16. The molecule has 0 N–H and O–H groups in total. The van der Waals surface area contributed by atoms with Gasteiger partial charge in [-0.3, -0.25) is 0 Å². The fourth-order valence-electron chi connectivity index (χ4n) is 9.24. The van der Waals surface area contributed by atoms with E-state index < -0.39 is 0 Å². The summed E-state index contributed by atoms with van der Waals surface area (Å²) in [6.45, 7) is 17.8. The number of hydrogen-bond acceptors (Lipinski definition) is 0. The zero-order valence-corrected chi connectivity index (χ0v) is 37.4. The lowest BCUT2D eigenvalue weighted by atomic mass is 10.0. The van der Waals surface area contributed by atoms with Gasteiger partial charge in [-0.2, -0.15) is 0 Å². The quantitative estimate of drug-likeness (QED) is 0.165. The molecule has 0 aliphatic rings. The first-order valence-electron chi connectivity index (χ1n) is 22.3. The second-order valence-corrected chi connectivity index (χ2v) is 17.7. The van der Waals surface area contributed by atoms with E-state index in [1.54, 1.807) is 0 Å². The van der Waals surface area contributed by atoms with Crippen LogP contribution in [0.1, 0.15) is 81.7 Å². The van der Waals surface area contributed by atoms with Crippen molar-refractivity contribution in [1.82, 2.24) is 13.7 Å². The molecule has 3 heterocycles. The highest BCUT2D eigenvalue weighted by Crippen LogP contribution is 2.36. The van der Waals surface area contributed by atoms with E-state index in [1.807, 2.05) is 0 Å². The zero-order valence-electron chi connectivity index (χ0n) is 37.4. The normalized spacial score (nSPS) is 11.7. The predicted octanol–water partition coefficient (Wildman–Crippen LogP) is 16.8. The van der Waals surface area contributed by atoms with Gasteiger partial charge >= 0.3 is 0 Å². The van der Waals surface area contributed by atoms with Gasteiger partial charge in [-0.05, 0) is 130 Å². The van der Waals surface area contributed by atoms with Crippen molar-refractivity contribution in [1.29, 1.82) is 0 Å². The maximum atomic E-state index is 2.43. The summed E-state index contributed by atoms with van der Waals surface area (Å²) in [7, 11) is 0. The number of rotatable bonds is 5. The molecular weight excluding hydrogens is 751 g/mol. The van der Waals surface area contributed by atoms with Crippen LogP contribution in [-0.2, 0) is 0 Å². The summed E-state index contributed by atoms with van der Waals surface area (Å²) >= 11 is 0. The van der Waals surface area contributed by atoms with E-state index in [4.69, 9.17) is 0 Å². The summed E-state index contributed by atoms with van der Waals surface area (Å²) in [5.41, 5.74) is 15.6. The third-order valence-corrected chi connectivity index (χ3v) is 12.4. The molecule has 0 saturated heterocycles. The third kappa shape index (κ3) is 7.47. The van der Waals surface area contributed by atoms with Crippen LogP contribution in [0.4, 0.5) is 0 Å². The molecule has 0 amide bonds. The maximum absolute atomic E-state index is 2.43. The summed E-state index contributed by atoms with van der Waals surface area (Å²) in [6.07, 6.45) is 0. The topological polar surface area (TPSA) is 14.8 Å². The molecule has 3 heteroatoms. The minimum Gasteiger partial charge on any atom is -0.338 e. The second-order valence-electron chi connectivity index (χ2n) is 17.7. The van der Waals surface area contributed by atoms with Gasteiger partial charge in [0.05, 0.1) is 22.1 Å². The van der Waals surface area contributed by atoms with Gasteiger partial charge in [0.25, 0.3) is 0 Å². The van der Waals surface area contributed by atoms with Crippen LogP contribution in [0.5, 0.6) is 0 Å². The molecule has 62 heavy (non-hydrogen) atoms. The van der Waals surface area contributed by atoms with E-state index >= 15 is 0 Å². The van der Waals surface area contributed by atoms with E-state index in [-0.39, 0.29) is 0 Å². The fourth-order valence-corrected chi connectivity index (χ4v) is 9.24. The SMILES string of the molecule is CC(C)c1ccc2c(c1)c1ccccc1n2-c1ccccc1.CC(C)c1ccc2c3ccccc3n(-c3ccccc3)c2c1.Cc1ccc2c(c1)c1cc(C)ccc1n2C(C)C. The lowest BCUT2D eigenvalue weighted by Crippen LogP contribution is -1.99. The molecule has 3 nitrogen and oxygen atoms in total. The Balaban J connectivity index is 0.000000119. The highest BCUT2D eigenvalue weighted by atomic mass is 15.0.